The summed E-state index contributed by atoms with van der Waals surface area (Å²) in [6, 6.07) is 6.79. The first-order valence-corrected chi connectivity index (χ1v) is 8.76. The highest BCUT2D eigenvalue weighted by Gasteiger charge is 2.22. The average molecular weight is 437 g/mol. The number of carbonyl (C=O) groups excluding carboxylic acids is 1. The molecule has 1 aliphatic rings. The Morgan fingerprint density at radius 1 is 1.07 bits per heavy atom. The maximum atomic E-state index is 14.2. The molecule has 2 N–H and O–H groups in total. The van der Waals surface area contributed by atoms with Crippen LogP contribution in [0.25, 0.3) is 11.3 Å². The molecule has 0 unspecified atom stereocenters. The van der Waals surface area contributed by atoms with Gasteiger partial charge in [-0.1, -0.05) is 6.07 Å². The van der Waals surface area contributed by atoms with Gasteiger partial charge in [0.05, 0.1) is 11.8 Å². The lowest BCUT2D eigenvalue weighted by Gasteiger charge is -2.28. The fourth-order valence-corrected chi connectivity index (χ4v) is 2.76. The van der Waals surface area contributed by atoms with Crippen molar-refractivity contribution in [2.75, 3.05) is 18.4 Å². The van der Waals surface area contributed by atoms with Crippen LogP contribution < -0.4 is 15.4 Å². The maximum absolute atomic E-state index is 14.2. The minimum absolute atomic E-state index is 0. The zero-order valence-corrected chi connectivity index (χ0v) is 16.2. The standard InChI is InChI=1S/C20H15F3N4O2.ClH/c21-12-2-1-3-13(22)18(12)19-14(23)4-5-15(26-19)20(28)27-16-10-24-7-6-17(16)29-11-8-25-9-11;/h1-7,10-11,25H,8-9H2,(H,27,28);1H. The third kappa shape index (κ3) is 4.37. The molecule has 0 bridgehead atoms. The number of amides is 1. The maximum Gasteiger partial charge on any atom is 0.274 e. The molecule has 0 atom stereocenters. The lowest BCUT2D eigenvalue weighted by Crippen LogP contribution is -2.50. The number of anilines is 1. The van der Waals surface area contributed by atoms with Crippen molar-refractivity contribution in [1.29, 1.82) is 0 Å². The van der Waals surface area contributed by atoms with E-state index in [1.54, 1.807) is 6.07 Å². The summed E-state index contributed by atoms with van der Waals surface area (Å²) in [7, 11) is 0. The summed E-state index contributed by atoms with van der Waals surface area (Å²) in [4.78, 5) is 20.4. The zero-order valence-electron chi connectivity index (χ0n) is 15.4. The molecular formula is C20H16ClF3N4O2. The number of ether oxygens (including phenoxy) is 1. The highest BCUT2D eigenvalue weighted by atomic mass is 35.5. The zero-order chi connectivity index (χ0) is 20.4. The number of nitrogens with one attached hydrogen (secondary N) is 2. The van der Waals surface area contributed by atoms with Gasteiger partial charge in [0.1, 0.15) is 46.4 Å². The van der Waals surface area contributed by atoms with Crippen LogP contribution in [-0.2, 0) is 0 Å². The Labute approximate surface area is 175 Å². The molecule has 3 heterocycles. The van der Waals surface area contributed by atoms with Gasteiger partial charge in [-0.15, -0.1) is 12.4 Å². The van der Waals surface area contributed by atoms with Crippen LogP contribution in [0.1, 0.15) is 10.5 Å². The molecule has 2 aromatic heterocycles. The summed E-state index contributed by atoms with van der Waals surface area (Å²) in [5.41, 5.74) is -1.14. The van der Waals surface area contributed by atoms with Crippen molar-refractivity contribution in [3.8, 4) is 17.0 Å². The second kappa shape index (κ2) is 9.10. The number of rotatable bonds is 5. The van der Waals surface area contributed by atoms with Gasteiger partial charge >= 0.3 is 0 Å². The van der Waals surface area contributed by atoms with Crippen LogP contribution in [0.2, 0.25) is 0 Å². The van der Waals surface area contributed by atoms with E-state index in [-0.39, 0.29) is 24.2 Å². The smallest absolute Gasteiger partial charge is 0.274 e. The van der Waals surface area contributed by atoms with Crippen molar-refractivity contribution in [2.45, 2.75) is 6.10 Å². The molecule has 1 fully saturated rings. The Balaban J connectivity index is 0.00000256. The van der Waals surface area contributed by atoms with Crippen molar-refractivity contribution in [1.82, 2.24) is 15.3 Å². The number of hydrogen-bond donors (Lipinski definition) is 2. The minimum Gasteiger partial charge on any atom is -0.485 e. The normalized spacial score (nSPS) is 13.2. The van der Waals surface area contributed by atoms with Gasteiger partial charge in [-0.25, -0.2) is 18.2 Å². The SMILES string of the molecule is Cl.O=C(Nc1cnccc1OC1CNC1)c1ccc(F)c(-c2c(F)cccc2F)n1. The van der Waals surface area contributed by atoms with Crippen molar-refractivity contribution >= 4 is 24.0 Å². The lowest BCUT2D eigenvalue weighted by atomic mass is 10.1. The van der Waals surface area contributed by atoms with E-state index >= 15 is 0 Å². The Morgan fingerprint density at radius 3 is 2.47 bits per heavy atom. The molecule has 6 nitrogen and oxygen atoms in total. The molecule has 30 heavy (non-hydrogen) atoms. The van der Waals surface area contributed by atoms with Crippen LogP contribution in [-0.4, -0.2) is 35.1 Å². The van der Waals surface area contributed by atoms with Crippen molar-refractivity contribution in [3.05, 3.63) is 71.9 Å². The summed E-state index contributed by atoms with van der Waals surface area (Å²) in [5, 5.41) is 5.66. The summed E-state index contributed by atoms with van der Waals surface area (Å²) in [5.74, 6) is -3.19. The van der Waals surface area contributed by atoms with E-state index in [1.807, 2.05) is 0 Å². The van der Waals surface area contributed by atoms with E-state index in [2.05, 4.69) is 20.6 Å². The topological polar surface area (TPSA) is 76.1 Å². The van der Waals surface area contributed by atoms with Crippen LogP contribution in [0.5, 0.6) is 5.75 Å². The minimum atomic E-state index is -0.981. The highest BCUT2D eigenvalue weighted by Crippen LogP contribution is 2.28. The monoisotopic (exact) mass is 436 g/mol. The summed E-state index contributed by atoms with van der Waals surface area (Å²) in [6.07, 6.45) is 2.90. The highest BCUT2D eigenvalue weighted by molar-refractivity contribution is 6.03. The van der Waals surface area contributed by atoms with Crippen LogP contribution in [0.15, 0.2) is 48.8 Å². The first-order valence-electron chi connectivity index (χ1n) is 8.76. The van der Waals surface area contributed by atoms with Crippen LogP contribution >= 0.6 is 12.4 Å². The number of pyridine rings is 2. The van der Waals surface area contributed by atoms with Gasteiger partial charge in [-0.3, -0.25) is 9.78 Å². The number of benzene rings is 1. The molecule has 3 aromatic rings. The predicted octanol–water partition coefficient (Wildman–Crippen LogP) is 3.59. The Bertz CT molecular complexity index is 1060. The molecule has 0 spiro atoms. The number of aromatic nitrogens is 2. The van der Waals surface area contributed by atoms with E-state index < -0.39 is 34.6 Å². The first kappa shape index (κ1) is 21.5. The van der Waals surface area contributed by atoms with E-state index in [0.717, 1.165) is 30.3 Å². The third-order valence-corrected chi connectivity index (χ3v) is 4.35. The van der Waals surface area contributed by atoms with Crippen molar-refractivity contribution in [2.24, 2.45) is 0 Å². The molecule has 0 aliphatic carbocycles. The van der Waals surface area contributed by atoms with E-state index in [0.29, 0.717) is 24.5 Å². The molecule has 4 rings (SSSR count). The van der Waals surface area contributed by atoms with Gasteiger partial charge in [0.25, 0.3) is 5.91 Å². The molecule has 0 radical (unpaired) electrons. The Hall–Kier alpha value is -3.17. The van der Waals surface area contributed by atoms with E-state index in [4.69, 9.17) is 4.74 Å². The Kier molecular flexibility index (Phi) is 6.53. The molecule has 1 amide bonds. The molecule has 0 saturated carbocycles. The van der Waals surface area contributed by atoms with Gasteiger partial charge in [-0.05, 0) is 24.3 Å². The van der Waals surface area contributed by atoms with Crippen LogP contribution in [0, 0.1) is 17.5 Å². The lowest BCUT2D eigenvalue weighted by molar-refractivity contribution is 0.102. The first-order chi connectivity index (χ1) is 14.0. The average Bonchev–Trinajstić information content (AvgIpc) is 2.67. The molecule has 1 saturated heterocycles. The van der Waals surface area contributed by atoms with Gasteiger partial charge < -0.3 is 15.4 Å². The van der Waals surface area contributed by atoms with Gasteiger partial charge in [0.15, 0.2) is 0 Å². The van der Waals surface area contributed by atoms with Crippen LogP contribution in [0.3, 0.4) is 0 Å². The third-order valence-electron chi connectivity index (χ3n) is 4.35. The number of hydrogen-bond acceptors (Lipinski definition) is 5. The number of nitrogens with zero attached hydrogens (tertiary/aromatic N) is 2. The van der Waals surface area contributed by atoms with Crippen LogP contribution in [0.4, 0.5) is 18.9 Å². The largest absolute Gasteiger partial charge is 0.485 e. The molecule has 1 aliphatic heterocycles. The van der Waals surface area contributed by atoms with E-state index in [9.17, 15) is 18.0 Å². The number of halogens is 4. The molecular weight excluding hydrogens is 421 g/mol. The van der Waals surface area contributed by atoms with Crippen molar-refractivity contribution in [3.63, 3.8) is 0 Å². The van der Waals surface area contributed by atoms with Gasteiger partial charge in [0.2, 0.25) is 0 Å². The second-order valence-corrected chi connectivity index (χ2v) is 6.35. The molecule has 1 aromatic carbocycles. The molecule has 10 heteroatoms. The fourth-order valence-electron chi connectivity index (χ4n) is 2.76. The predicted molar refractivity (Wildman–Crippen MR) is 106 cm³/mol. The number of carbonyl (C=O) groups is 1. The van der Waals surface area contributed by atoms with E-state index in [1.165, 1.54) is 12.4 Å². The Morgan fingerprint density at radius 2 is 1.80 bits per heavy atom. The summed E-state index contributed by atoms with van der Waals surface area (Å²) >= 11 is 0. The van der Waals surface area contributed by atoms with Gasteiger partial charge in [0, 0.05) is 25.4 Å². The second-order valence-electron chi connectivity index (χ2n) is 6.35. The van der Waals surface area contributed by atoms with Crippen molar-refractivity contribution < 1.29 is 22.7 Å². The fraction of sp³-hybridized carbons (Fsp3) is 0.150. The van der Waals surface area contributed by atoms with Gasteiger partial charge in [-0.2, -0.15) is 0 Å². The summed E-state index contributed by atoms with van der Waals surface area (Å²) in [6.45, 7) is 1.37. The summed E-state index contributed by atoms with van der Waals surface area (Å²) < 4.78 is 48.0. The molecule has 156 valence electrons. The quantitative estimate of drug-likeness (QED) is 0.639.